The van der Waals surface area contributed by atoms with Crippen LogP contribution in [0.15, 0.2) is 53.7 Å². The van der Waals surface area contributed by atoms with E-state index >= 15 is 0 Å². The number of para-hydroxylation sites is 1. The minimum absolute atomic E-state index is 0.0363. The predicted octanol–water partition coefficient (Wildman–Crippen LogP) is 3.29. The van der Waals surface area contributed by atoms with Gasteiger partial charge in [-0.2, -0.15) is 0 Å². The first-order valence-electron chi connectivity index (χ1n) is 8.38. The van der Waals surface area contributed by atoms with E-state index in [2.05, 4.69) is 15.5 Å². The molecule has 1 heterocycles. The number of nitrogens with zero attached hydrogens (tertiary/aromatic N) is 3. The van der Waals surface area contributed by atoms with Crippen molar-refractivity contribution in [1.82, 2.24) is 14.8 Å². The SMILES string of the molecule is COCc1nnc(SCC(=O)Nc2cccc(OC)c2F)n1-c1ccccc1. The van der Waals surface area contributed by atoms with Crippen LogP contribution in [0.1, 0.15) is 5.82 Å². The highest BCUT2D eigenvalue weighted by Gasteiger charge is 2.17. The topological polar surface area (TPSA) is 78.3 Å². The number of ether oxygens (including phenoxy) is 2. The van der Waals surface area contributed by atoms with Gasteiger partial charge < -0.3 is 14.8 Å². The first-order chi connectivity index (χ1) is 13.6. The number of hydrogen-bond donors (Lipinski definition) is 1. The normalized spacial score (nSPS) is 10.7. The van der Waals surface area contributed by atoms with Crippen LogP contribution >= 0.6 is 11.8 Å². The fraction of sp³-hybridized carbons (Fsp3) is 0.211. The predicted molar refractivity (Wildman–Crippen MR) is 104 cm³/mol. The first-order valence-corrected chi connectivity index (χ1v) is 9.36. The Labute approximate surface area is 165 Å². The molecular formula is C19H19FN4O3S. The molecule has 0 radical (unpaired) electrons. The summed E-state index contributed by atoms with van der Waals surface area (Å²) >= 11 is 1.20. The molecule has 0 aliphatic carbocycles. The number of nitrogens with one attached hydrogen (secondary N) is 1. The molecule has 1 aromatic heterocycles. The van der Waals surface area contributed by atoms with E-state index < -0.39 is 5.82 Å². The van der Waals surface area contributed by atoms with Gasteiger partial charge in [0, 0.05) is 12.8 Å². The van der Waals surface area contributed by atoms with Crippen LogP contribution in [0.3, 0.4) is 0 Å². The Morgan fingerprint density at radius 2 is 1.93 bits per heavy atom. The van der Waals surface area contributed by atoms with E-state index in [1.165, 1.54) is 31.0 Å². The van der Waals surface area contributed by atoms with Crippen molar-refractivity contribution >= 4 is 23.4 Å². The van der Waals surface area contributed by atoms with Crippen molar-refractivity contribution in [2.24, 2.45) is 0 Å². The summed E-state index contributed by atoms with van der Waals surface area (Å²) in [4.78, 5) is 12.3. The second kappa shape index (κ2) is 9.34. The maximum atomic E-state index is 14.2. The third-order valence-electron chi connectivity index (χ3n) is 3.78. The Hall–Kier alpha value is -2.91. The van der Waals surface area contributed by atoms with Crippen LogP contribution < -0.4 is 10.1 Å². The van der Waals surface area contributed by atoms with Gasteiger partial charge in [-0.1, -0.05) is 36.0 Å². The average molecular weight is 402 g/mol. The smallest absolute Gasteiger partial charge is 0.234 e. The number of benzene rings is 2. The van der Waals surface area contributed by atoms with Gasteiger partial charge in [-0.3, -0.25) is 9.36 Å². The summed E-state index contributed by atoms with van der Waals surface area (Å²) in [5.41, 5.74) is 0.927. The van der Waals surface area contributed by atoms with Gasteiger partial charge in [0.1, 0.15) is 6.61 Å². The zero-order valence-electron chi connectivity index (χ0n) is 15.4. The summed E-state index contributed by atoms with van der Waals surface area (Å²) in [5, 5.41) is 11.4. The summed E-state index contributed by atoms with van der Waals surface area (Å²) in [6.45, 7) is 0.281. The van der Waals surface area contributed by atoms with Crippen LogP contribution in [-0.2, 0) is 16.1 Å². The third kappa shape index (κ3) is 4.49. The summed E-state index contributed by atoms with van der Waals surface area (Å²) in [6.07, 6.45) is 0. The van der Waals surface area contributed by atoms with Crippen molar-refractivity contribution in [3.8, 4) is 11.4 Å². The molecule has 0 saturated heterocycles. The Morgan fingerprint density at radius 1 is 1.14 bits per heavy atom. The highest BCUT2D eigenvalue weighted by molar-refractivity contribution is 7.99. The molecule has 0 unspecified atom stereocenters. The van der Waals surface area contributed by atoms with Gasteiger partial charge in [0.25, 0.3) is 0 Å². The maximum Gasteiger partial charge on any atom is 0.234 e. The summed E-state index contributed by atoms with van der Waals surface area (Å²) in [7, 11) is 2.95. The van der Waals surface area contributed by atoms with E-state index in [9.17, 15) is 9.18 Å². The molecule has 0 aliphatic heterocycles. The molecule has 1 amide bonds. The lowest BCUT2D eigenvalue weighted by atomic mass is 10.3. The Kier molecular flexibility index (Phi) is 6.62. The van der Waals surface area contributed by atoms with Gasteiger partial charge in [0.15, 0.2) is 22.5 Å². The molecule has 3 aromatic rings. The number of carbonyl (C=O) groups is 1. The number of rotatable bonds is 8. The van der Waals surface area contributed by atoms with Gasteiger partial charge in [0.05, 0.1) is 18.6 Å². The minimum Gasteiger partial charge on any atom is -0.494 e. The number of thioether (sulfide) groups is 1. The second-order valence-electron chi connectivity index (χ2n) is 5.66. The fourth-order valence-electron chi connectivity index (χ4n) is 2.53. The molecule has 1 N–H and O–H groups in total. The lowest BCUT2D eigenvalue weighted by Gasteiger charge is -2.10. The van der Waals surface area contributed by atoms with Crippen LogP contribution in [0, 0.1) is 5.82 Å². The molecule has 0 bridgehead atoms. The molecule has 146 valence electrons. The van der Waals surface area contributed by atoms with Crippen molar-refractivity contribution in [1.29, 1.82) is 0 Å². The monoisotopic (exact) mass is 402 g/mol. The van der Waals surface area contributed by atoms with Crippen LogP contribution in [0.4, 0.5) is 10.1 Å². The number of aromatic nitrogens is 3. The van der Waals surface area contributed by atoms with Crippen molar-refractivity contribution in [3.63, 3.8) is 0 Å². The van der Waals surface area contributed by atoms with Crippen LogP contribution in [0.2, 0.25) is 0 Å². The van der Waals surface area contributed by atoms with Gasteiger partial charge >= 0.3 is 0 Å². The van der Waals surface area contributed by atoms with Crippen LogP contribution in [-0.4, -0.2) is 40.6 Å². The molecular weight excluding hydrogens is 383 g/mol. The van der Waals surface area contributed by atoms with E-state index in [-0.39, 0.29) is 29.7 Å². The zero-order valence-corrected chi connectivity index (χ0v) is 16.2. The summed E-state index contributed by atoms with van der Waals surface area (Å²) < 4.78 is 26.1. The molecule has 3 rings (SSSR count). The van der Waals surface area contributed by atoms with E-state index in [1.807, 2.05) is 34.9 Å². The highest BCUT2D eigenvalue weighted by atomic mass is 32.2. The van der Waals surface area contributed by atoms with Crippen LogP contribution in [0.25, 0.3) is 5.69 Å². The first kappa shape index (κ1) is 19.8. The molecule has 7 nitrogen and oxygen atoms in total. The van der Waals surface area contributed by atoms with E-state index in [0.717, 1.165) is 5.69 Å². The number of anilines is 1. The lowest BCUT2D eigenvalue weighted by molar-refractivity contribution is -0.113. The largest absolute Gasteiger partial charge is 0.494 e. The molecule has 0 aliphatic rings. The van der Waals surface area contributed by atoms with E-state index in [1.54, 1.807) is 13.2 Å². The van der Waals surface area contributed by atoms with Gasteiger partial charge in [-0.15, -0.1) is 10.2 Å². The van der Waals surface area contributed by atoms with Gasteiger partial charge in [-0.05, 0) is 24.3 Å². The van der Waals surface area contributed by atoms with E-state index in [4.69, 9.17) is 9.47 Å². The zero-order chi connectivity index (χ0) is 19.9. The number of amides is 1. The van der Waals surface area contributed by atoms with E-state index in [0.29, 0.717) is 11.0 Å². The highest BCUT2D eigenvalue weighted by Crippen LogP contribution is 2.25. The van der Waals surface area contributed by atoms with Gasteiger partial charge in [0.2, 0.25) is 5.91 Å². The lowest BCUT2D eigenvalue weighted by Crippen LogP contribution is -2.16. The molecule has 2 aromatic carbocycles. The molecule has 9 heteroatoms. The average Bonchev–Trinajstić information content (AvgIpc) is 3.11. The Morgan fingerprint density at radius 3 is 2.64 bits per heavy atom. The molecule has 0 atom stereocenters. The fourth-order valence-corrected chi connectivity index (χ4v) is 3.30. The van der Waals surface area contributed by atoms with Crippen molar-refractivity contribution in [2.75, 3.05) is 25.3 Å². The number of methoxy groups -OCH3 is 2. The molecule has 0 spiro atoms. The van der Waals surface area contributed by atoms with Gasteiger partial charge in [-0.25, -0.2) is 4.39 Å². The number of carbonyl (C=O) groups excluding carboxylic acids is 1. The third-order valence-corrected chi connectivity index (χ3v) is 4.71. The second-order valence-corrected chi connectivity index (χ2v) is 6.60. The maximum absolute atomic E-state index is 14.2. The van der Waals surface area contributed by atoms with Crippen molar-refractivity contribution in [3.05, 3.63) is 60.2 Å². The number of hydrogen-bond acceptors (Lipinski definition) is 6. The van der Waals surface area contributed by atoms with Crippen molar-refractivity contribution < 1.29 is 18.7 Å². The molecule has 0 saturated carbocycles. The summed E-state index contributed by atoms with van der Waals surface area (Å²) in [5.74, 6) is -0.255. The minimum atomic E-state index is -0.613. The Bertz CT molecular complexity index is 950. The standard InChI is InChI=1S/C19H19FN4O3S/c1-26-11-16-22-23-19(24(16)13-7-4-3-5-8-13)28-12-17(25)21-14-9-6-10-15(27-2)18(14)20/h3-10H,11-12H2,1-2H3,(H,21,25). The van der Waals surface area contributed by atoms with Crippen LogP contribution in [0.5, 0.6) is 5.75 Å². The molecule has 28 heavy (non-hydrogen) atoms. The Balaban J connectivity index is 1.73. The molecule has 0 fully saturated rings. The summed E-state index contributed by atoms with van der Waals surface area (Å²) in [6, 6.07) is 14.1. The van der Waals surface area contributed by atoms with Crippen molar-refractivity contribution in [2.45, 2.75) is 11.8 Å². The quantitative estimate of drug-likeness (QED) is 0.583. The number of halogens is 1.